The Hall–Kier alpha value is -1.41. The number of rotatable bonds is 1. The Morgan fingerprint density at radius 1 is 1.64 bits per heavy atom. The van der Waals surface area contributed by atoms with E-state index >= 15 is 0 Å². The molecule has 72 valence electrons. The highest BCUT2D eigenvalue weighted by atomic mass is 79.9. The summed E-state index contributed by atoms with van der Waals surface area (Å²) < 4.78 is 17.8. The standard InChI is InChI=1S/C9H5BrFNO2/c1-14-9(13)5-2-3-7(10)8(11)6(5)4-12/h2-3H,1H3. The molecule has 1 rings (SSSR count). The van der Waals surface area contributed by atoms with Gasteiger partial charge in [0.1, 0.15) is 11.6 Å². The van der Waals surface area contributed by atoms with Crippen molar-refractivity contribution in [2.75, 3.05) is 7.11 Å². The third-order valence-electron chi connectivity index (χ3n) is 1.61. The molecule has 0 radical (unpaired) electrons. The van der Waals surface area contributed by atoms with E-state index in [1.165, 1.54) is 19.2 Å². The van der Waals surface area contributed by atoms with Crippen LogP contribution in [0.25, 0.3) is 0 Å². The summed E-state index contributed by atoms with van der Waals surface area (Å²) in [6, 6.07) is 4.29. The van der Waals surface area contributed by atoms with Crippen molar-refractivity contribution in [2.24, 2.45) is 0 Å². The van der Waals surface area contributed by atoms with Gasteiger partial charge < -0.3 is 4.74 Å². The molecule has 0 heterocycles. The van der Waals surface area contributed by atoms with Gasteiger partial charge in [-0.1, -0.05) is 0 Å². The van der Waals surface area contributed by atoms with Crippen LogP contribution in [-0.4, -0.2) is 13.1 Å². The van der Waals surface area contributed by atoms with Crippen LogP contribution in [0.3, 0.4) is 0 Å². The van der Waals surface area contributed by atoms with Crippen molar-refractivity contribution < 1.29 is 13.9 Å². The molecular formula is C9H5BrFNO2. The van der Waals surface area contributed by atoms with Crippen LogP contribution >= 0.6 is 15.9 Å². The third kappa shape index (κ3) is 1.75. The van der Waals surface area contributed by atoms with E-state index in [0.717, 1.165) is 0 Å². The number of nitriles is 1. The maximum Gasteiger partial charge on any atom is 0.339 e. The molecule has 0 amide bonds. The molecule has 1 aromatic rings. The zero-order valence-corrected chi connectivity index (χ0v) is 8.76. The number of hydrogen-bond donors (Lipinski definition) is 0. The van der Waals surface area contributed by atoms with E-state index in [4.69, 9.17) is 5.26 Å². The Kier molecular flexibility index (Phi) is 3.20. The Balaban J connectivity index is 3.40. The van der Waals surface area contributed by atoms with Crippen molar-refractivity contribution in [3.8, 4) is 6.07 Å². The van der Waals surface area contributed by atoms with Gasteiger partial charge in [-0.2, -0.15) is 5.26 Å². The van der Waals surface area contributed by atoms with E-state index < -0.39 is 11.8 Å². The summed E-state index contributed by atoms with van der Waals surface area (Å²) in [4.78, 5) is 11.1. The maximum atomic E-state index is 13.3. The average molecular weight is 258 g/mol. The van der Waals surface area contributed by atoms with E-state index in [9.17, 15) is 9.18 Å². The number of benzene rings is 1. The molecule has 0 saturated heterocycles. The molecule has 0 saturated carbocycles. The number of methoxy groups -OCH3 is 1. The van der Waals surface area contributed by atoms with Crippen LogP contribution in [0.4, 0.5) is 4.39 Å². The lowest BCUT2D eigenvalue weighted by atomic mass is 10.1. The van der Waals surface area contributed by atoms with Gasteiger partial charge in [0.05, 0.1) is 17.1 Å². The lowest BCUT2D eigenvalue weighted by Gasteiger charge is -2.03. The molecular weight excluding hydrogens is 253 g/mol. The van der Waals surface area contributed by atoms with Gasteiger partial charge in [0.25, 0.3) is 0 Å². The van der Waals surface area contributed by atoms with Crippen LogP contribution in [0.2, 0.25) is 0 Å². The van der Waals surface area contributed by atoms with E-state index in [-0.39, 0.29) is 15.6 Å². The number of esters is 1. The number of ether oxygens (including phenoxy) is 1. The fraction of sp³-hybridized carbons (Fsp3) is 0.111. The van der Waals surface area contributed by atoms with Gasteiger partial charge in [-0.3, -0.25) is 0 Å². The summed E-state index contributed by atoms with van der Waals surface area (Å²) >= 11 is 2.91. The number of halogens is 2. The molecule has 0 bridgehead atoms. The summed E-state index contributed by atoms with van der Waals surface area (Å²) in [6.07, 6.45) is 0. The van der Waals surface area contributed by atoms with Gasteiger partial charge in [-0.05, 0) is 28.1 Å². The fourth-order valence-corrected chi connectivity index (χ4v) is 1.27. The minimum absolute atomic E-state index is 0.0734. The van der Waals surface area contributed by atoms with Crippen molar-refractivity contribution in [1.82, 2.24) is 0 Å². The molecule has 0 aliphatic heterocycles. The van der Waals surface area contributed by atoms with Crippen molar-refractivity contribution in [1.29, 1.82) is 5.26 Å². The van der Waals surface area contributed by atoms with E-state index in [0.29, 0.717) is 0 Å². The molecule has 0 aromatic heterocycles. The first-order valence-corrected chi connectivity index (χ1v) is 4.37. The SMILES string of the molecule is COC(=O)c1ccc(Br)c(F)c1C#N. The molecule has 0 aliphatic carbocycles. The molecule has 14 heavy (non-hydrogen) atoms. The van der Waals surface area contributed by atoms with Crippen molar-refractivity contribution in [2.45, 2.75) is 0 Å². The first-order chi connectivity index (χ1) is 6.61. The number of carbonyl (C=O) groups is 1. The van der Waals surface area contributed by atoms with Crippen LogP contribution < -0.4 is 0 Å². The van der Waals surface area contributed by atoms with Crippen LogP contribution in [0.5, 0.6) is 0 Å². The van der Waals surface area contributed by atoms with Gasteiger partial charge >= 0.3 is 5.97 Å². The average Bonchev–Trinajstić information content (AvgIpc) is 2.20. The van der Waals surface area contributed by atoms with Crippen molar-refractivity contribution >= 4 is 21.9 Å². The fourth-order valence-electron chi connectivity index (χ4n) is 0.940. The molecule has 3 nitrogen and oxygen atoms in total. The quantitative estimate of drug-likeness (QED) is 0.726. The van der Waals surface area contributed by atoms with E-state index in [1.807, 2.05) is 0 Å². The van der Waals surface area contributed by atoms with Gasteiger partial charge in [-0.15, -0.1) is 0 Å². The Bertz CT molecular complexity index is 426. The third-order valence-corrected chi connectivity index (χ3v) is 2.22. The number of carbonyl (C=O) groups excluding carboxylic acids is 1. The van der Waals surface area contributed by atoms with Crippen LogP contribution in [0, 0.1) is 17.1 Å². The summed E-state index contributed by atoms with van der Waals surface area (Å²) in [6.45, 7) is 0. The minimum atomic E-state index is -0.754. The highest BCUT2D eigenvalue weighted by Gasteiger charge is 2.17. The molecule has 0 unspecified atom stereocenters. The minimum Gasteiger partial charge on any atom is -0.465 e. The van der Waals surface area contributed by atoms with Gasteiger partial charge in [0.15, 0.2) is 5.82 Å². The Morgan fingerprint density at radius 3 is 2.79 bits per heavy atom. The topological polar surface area (TPSA) is 50.1 Å². The second-order valence-electron chi connectivity index (χ2n) is 2.39. The molecule has 5 heteroatoms. The maximum absolute atomic E-state index is 13.3. The smallest absolute Gasteiger partial charge is 0.339 e. The van der Waals surface area contributed by atoms with Crippen molar-refractivity contribution in [3.63, 3.8) is 0 Å². The molecule has 0 atom stereocenters. The molecule has 0 aliphatic rings. The summed E-state index contributed by atoms with van der Waals surface area (Å²) in [5.41, 5.74) is -0.387. The summed E-state index contributed by atoms with van der Waals surface area (Å²) in [5.74, 6) is -1.48. The van der Waals surface area contributed by atoms with Crippen LogP contribution in [0.1, 0.15) is 15.9 Å². The van der Waals surface area contributed by atoms with Gasteiger partial charge in [-0.25, -0.2) is 9.18 Å². The highest BCUT2D eigenvalue weighted by molar-refractivity contribution is 9.10. The number of nitrogens with zero attached hydrogens (tertiary/aromatic N) is 1. The lowest BCUT2D eigenvalue weighted by Crippen LogP contribution is -2.05. The predicted molar refractivity (Wildman–Crippen MR) is 50.2 cm³/mol. The summed E-state index contributed by atoms with van der Waals surface area (Å²) in [7, 11) is 1.17. The lowest BCUT2D eigenvalue weighted by molar-refractivity contribution is 0.0600. The Labute approximate surface area is 88.2 Å². The normalized spacial score (nSPS) is 9.29. The van der Waals surface area contributed by atoms with Crippen LogP contribution in [-0.2, 0) is 4.74 Å². The van der Waals surface area contributed by atoms with Gasteiger partial charge in [0, 0.05) is 0 Å². The first-order valence-electron chi connectivity index (χ1n) is 3.58. The van der Waals surface area contributed by atoms with Crippen molar-refractivity contribution in [3.05, 3.63) is 33.5 Å². The molecule has 1 aromatic carbocycles. The zero-order chi connectivity index (χ0) is 10.7. The van der Waals surface area contributed by atoms with E-state index in [2.05, 4.69) is 20.7 Å². The van der Waals surface area contributed by atoms with E-state index in [1.54, 1.807) is 6.07 Å². The van der Waals surface area contributed by atoms with Crippen LogP contribution in [0.15, 0.2) is 16.6 Å². The largest absolute Gasteiger partial charge is 0.465 e. The Morgan fingerprint density at radius 2 is 2.29 bits per heavy atom. The highest BCUT2D eigenvalue weighted by Crippen LogP contribution is 2.22. The molecule has 0 fully saturated rings. The molecule has 0 N–H and O–H groups in total. The van der Waals surface area contributed by atoms with Gasteiger partial charge in [0.2, 0.25) is 0 Å². The number of hydrogen-bond acceptors (Lipinski definition) is 3. The predicted octanol–water partition coefficient (Wildman–Crippen LogP) is 2.25. The first kappa shape index (κ1) is 10.7. The second-order valence-corrected chi connectivity index (χ2v) is 3.24. The monoisotopic (exact) mass is 257 g/mol. The zero-order valence-electron chi connectivity index (χ0n) is 7.17. The second kappa shape index (κ2) is 4.20. The molecule has 0 spiro atoms. The summed E-state index contributed by atoms with van der Waals surface area (Å²) in [5, 5.41) is 8.65.